The molecule has 0 aliphatic carbocycles. The highest BCUT2D eigenvalue weighted by atomic mass is 16.2. The fourth-order valence-electron chi connectivity index (χ4n) is 5.26. The number of rotatable bonds is 5. The Balaban J connectivity index is 1.49. The van der Waals surface area contributed by atoms with E-state index in [4.69, 9.17) is 4.99 Å². The number of amidine groups is 1. The molecule has 2 aromatic rings. The molecule has 1 atom stereocenters. The van der Waals surface area contributed by atoms with E-state index in [0.29, 0.717) is 18.3 Å². The Kier molecular flexibility index (Phi) is 5.56. The second-order valence-electron chi connectivity index (χ2n) is 9.30. The SMILES string of the molecule is CCc1ccc(-n2c(C)c(C)[n+]3c2N=C2C3C(=O)N(CCN3CCCCC3)C(=O)N2C)cc1. The molecule has 0 N–H and O–H groups in total. The van der Waals surface area contributed by atoms with Crippen molar-refractivity contribution in [1.82, 2.24) is 19.3 Å². The van der Waals surface area contributed by atoms with Gasteiger partial charge < -0.3 is 4.90 Å². The molecule has 5 rings (SSSR count). The van der Waals surface area contributed by atoms with Gasteiger partial charge in [-0.2, -0.15) is 4.57 Å². The number of urea groups is 1. The molecule has 0 saturated carbocycles. The normalized spacial score (nSPS) is 20.8. The molecule has 3 aliphatic rings. The molecule has 8 heteroatoms. The standard InChI is InChI=1S/C25H33N6O2/c1-5-19-9-11-20(12-10-19)30-17(2)18(3)31-21-22(26-24(30)31)27(4)25(33)29(23(21)32)16-15-28-13-7-6-8-14-28/h9-12,21H,5-8,13-16H2,1-4H3/q+1. The summed E-state index contributed by atoms with van der Waals surface area (Å²) in [5.41, 5.74) is 4.31. The van der Waals surface area contributed by atoms with Crippen molar-refractivity contribution in [1.29, 1.82) is 0 Å². The first kappa shape index (κ1) is 21.8. The summed E-state index contributed by atoms with van der Waals surface area (Å²) in [6.07, 6.45) is 4.62. The number of likely N-dealkylation sites (tertiary alicyclic amines) is 1. The molecule has 4 heterocycles. The summed E-state index contributed by atoms with van der Waals surface area (Å²) in [7, 11) is 1.73. The predicted octanol–water partition coefficient (Wildman–Crippen LogP) is 2.91. The molecule has 0 radical (unpaired) electrons. The number of carbonyl (C=O) groups excluding carboxylic acids is 2. The lowest BCUT2D eigenvalue weighted by Gasteiger charge is -2.35. The van der Waals surface area contributed by atoms with Crippen molar-refractivity contribution in [2.24, 2.45) is 4.99 Å². The van der Waals surface area contributed by atoms with Gasteiger partial charge in [0.25, 0.3) is 5.91 Å². The molecular weight excluding hydrogens is 416 g/mol. The Morgan fingerprint density at radius 2 is 1.73 bits per heavy atom. The third-order valence-corrected chi connectivity index (χ3v) is 7.41. The summed E-state index contributed by atoms with van der Waals surface area (Å²) in [6.45, 7) is 9.44. The zero-order chi connectivity index (χ0) is 23.3. The fourth-order valence-corrected chi connectivity index (χ4v) is 5.26. The summed E-state index contributed by atoms with van der Waals surface area (Å²) in [5, 5.41) is 0. The lowest BCUT2D eigenvalue weighted by molar-refractivity contribution is -0.682. The van der Waals surface area contributed by atoms with E-state index < -0.39 is 6.04 Å². The highest BCUT2D eigenvalue weighted by molar-refractivity contribution is 6.19. The molecule has 33 heavy (non-hydrogen) atoms. The second-order valence-corrected chi connectivity index (χ2v) is 9.30. The van der Waals surface area contributed by atoms with Crippen LogP contribution in [0, 0.1) is 13.8 Å². The Bertz CT molecular complexity index is 1130. The van der Waals surface area contributed by atoms with Crippen molar-refractivity contribution >= 4 is 23.7 Å². The van der Waals surface area contributed by atoms with Gasteiger partial charge in [0, 0.05) is 20.1 Å². The van der Waals surface area contributed by atoms with E-state index in [9.17, 15) is 9.59 Å². The van der Waals surface area contributed by atoms with E-state index in [1.165, 1.54) is 29.7 Å². The predicted molar refractivity (Wildman–Crippen MR) is 126 cm³/mol. The van der Waals surface area contributed by atoms with Crippen LogP contribution in [0.4, 0.5) is 10.7 Å². The number of amides is 3. The van der Waals surface area contributed by atoms with E-state index in [2.05, 4.69) is 47.6 Å². The zero-order valence-corrected chi connectivity index (χ0v) is 20.0. The molecule has 3 aliphatic heterocycles. The molecule has 1 aromatic heterocycles. The van der Waals surface area contributed by atoms with Crippen LogP contribution in [0.1, 0.15) is 49.2 Å². The van der Waals surface area contributed by atoms with Crippen LogP contribution in [0.5, 0.6) is 0 Å². The highest BCUT2D eigenvalue weighted by Crippen LogP contribution is 2.33. The Morgan fingerprint density at radius 3 is 2.39 bits per heavy atom. The average molecular weight is 450 g/mol. The average Bonchev–Trinajstić information content (AvgIpc) is 3.33. The molecule has 0 bridgehead atoms. The third-order valence-electron chi connectivity index (χ3n) is 7.41. The quantitative estimate of drug-likeness (QED) is 0.660. The lowest BCUT2D eigenvalue weighted by atomic mass is 10.1. The number of aryl methyl sites for hydroxylation is 1. The molecule has 8 nitrogen and oxygen atoms in total. The van der Waals surface area contributed by atoms with Gasteiger partial charge >= 0.3 is 12.0 Å². The number of imidazole rings is 1. The first-order valence-corrected chi connectivity index (χ1v) is 12.0. The second kappa shape index (κ2) is 8.41. The Labute approximate surface area is 195 Å². The molecule has 1 unspecified atom stereocenters. The number of aromatic nitrogens is 2. The van der Waals surface area contributed by atoms with Crippen LogP contribution in [0.2, 0.25) is 0 Å². The number of benzene rings is 1. The summed E-state index contributed by atoms with van der Waals surface area (Å²) in [5.74, 6) is 1.02. The first-order chi connectivity index (χ1) is 15.9. The summed E-state index contributed by atoms with van der Waals surface area (Å²) < 4.78 is 4.08. The fraction of sp³-hybridized carbons (Fsp3) is 0.520. The van der Waals surface area contributed by atoms with E-state index in [-0.39, 0.29) is 11.9 Å². The van der Waals surface area contributed by atoms with Crippen molar-refractivity contribution in [3.63, 3.8) is 0 Å². The number of aliphatic imine (C=N–C) groups is 1. The molecule has 2 saturated heterocycles. The smallest absolute Gasteiger partial charge is 0.302 e. The number of piperidine rings is 1. The number of carbonyl (C=O) groups is 2. The van der Waals surface area contributed by atoms with Gasteiger partial charge in [-0.25, -0.2) is 9.36 Å². The van der Waals surface area contributed by atoms with Gasteiger partial charge in [-0.3, -0.25) is 14.6 Å². The van der Waals surface area contributed by atoms with Gasteiger partial charge in [0.15, 0.2) is 0 Å². The van der Waals surface area contributed by atoms with Crippen LogP contribution in [0.15, 0.2) is 29.3 Å². The van der Waals surface area contributed by atoms with E-state index in [0.717, 1.165) is 43.1 Å². The summed E-state index contributed by atoms with van der Waals surface area (Å²) in [4.78, 5) is 36.9. The highest BCUT2D eigenvalue weighted by Gasteiger charge is 2.54. The molecule has 174 valence electrons. The molecule has 2 fully saturated rings. The van der Waals surface area contributed by atoms with Crippen molar-refractivity contribution in [2.75, 3.05) is 33.2 Å². The van der Waals surface area contributed by atoms with Crippen molar-refractivity contribution in [3.8, 4) is 5.69 Å². The number of hydrogen-bond donors (Lipinski definition) is 0. The van der Waals surface area contributed by atoms with Crippen LogP contribution in [-0.4, -0.2) is 70.3 Å². The van der Waals surface area contributed by atoms with Gasteiger partial charge in [0.2, 0.25) is 11.9 Å². The minimum Gasteiger partial charge on any atom is -0.302 e. The number of likely N-dealkylation sites (N-methyl/N-ethyl adjacent to an activating group) is 1. The largest absolute Gasteiger partial charge is 0.407 e. The van der Waals surface area contributed by atoms with Crippen molar-refractivity contribution in [2.45, 2.75) is 52.5 Å². The van der Waals surface area contributed by atoms with Crippen LogP contribution in [0.25, 0.3) is 5.69 Å². The van der Waals surface area contributed by atoms with Gasteiger partial charge in [0.05, 0.1) is 0 Å². The van der Waals surface area contributed by atoms with Gasteiger partial charge in [-0.05, 0) is 63.9 Å². The van der Waals surface area contributed by atoms with E-state index in [1.807, 2.05) is 11.5 Å². The topological polar surface area (TPSA) is 65.0 Å². The maximum atomic E-state index is 13.6. The summed E-state index contributed by atoms with van der Waals surface area (Å²) in [6, 6.07) is 7.55. The van der Waals surface area contributed by atoms with E-state index >= 15 is 0 Å². The molecule has 3 amide bonds. The van der Waals surface area contributed by atoms with Crippen LogP contribution < -0.4 is 4.57 Å². The van der Waals surface area contributed by atoms with Gasteiger partial charge in [-0.1, -0.05) is 30.5 Å². The van der Waals surface area contributed by atoms with Crippen LogP contribution in [-0.2, 0) is 11.2 Å². The maximum absolute atomic E-state index is 13.6. The van der Waals surface area contributed by atoms with Crippen LogP contribution in [0.3, 0.4) is 0 Å². The molecule has 1 aromatic carbocycles. The third kappa shape index (κ3) is 3.47. The van der Waals surface area contributed by atoms with E-state index in [1.54, 1.807) is 11.9 Å². The minimum absolute atomic E-state index is 0.181. The minimum atomic E-state index is -0.598. The van der Waals surface area contributed by atoms with Crippen molar-refractivity contribution < 1.29 is 14.2 Å². The maximum Gasteiger partial charge on any atom is 0.407 e. The number of hydrogen-bond acceptors (Lipinski definition) is 4. The summed E-state index contributed by atoms with van der Waals surface area (Å²) >= 11 is 0. The number of fused-ring (bicyclic) bond motifs is 3. The van der Waals surface area contributed by atoms with Gasteiger partial charge in [0.1, 0.15) is 17.1 Å². The molecular formula is C25H33N6O2+. The monoisotopic (exact) mass is 449 g/mol. The van der Waals surface area contributed by atoms with Gasteiger partial charge in [-0.15, -0.1) is 0 Å². The zero-order valence-electron chi connectivity index (χ0n) is 20.0. The lowest BCUT2D eigenvalue weighted by Crippen LogP contribution is -2.64. The Hall–Kier alpha value is -3.00. The molecule has 0 spiro atoms. The first-order valence-electron chi connectivity index (χ1n) is 12.0. The number of imide groups is 1. The number of nitrogens with zero attached hydrogens (tertiary/aromatic N) is 6. The van der Waals surface area contributed by atoms with Crippen LogP contribution >= 0.6 is 0 Å². The Morgan fingerprint density at radius 1 is 1.03 bits per heavy atom. The van der Waals surface area contributed by atoms with Crippen molar-refractivity contribution in [3.05, 3.63) is 41.2 Å².